The molecule has 0 saturated heterocycles. The molecule has 2 aromatic rings. The molecule has 0 aliphatic heterocycles. The Bertz CT molecular complexity index is 604. The van der Waals surface area contributed by atoms with Crippen LogP contribution in [0.25, 0.3) is 0 Å². The Morgan fingerprint density at radius 2 is 2.16 bits per heavy atom. The molecule has 100 valence electrons. The van der Waals surface area contributed by atoms with E-state index in [1.165, 1.54) is 23.9 Å². The highest BCUT2D eigenvalue weighted by molar-refractivity contribution is 7.98. The van der Waals surface area contributed by atoms with Gasteiger partial charge in [0.05, 0.1) is 5.75 Å². The van der Waals surface area contributed by atoms with Crippen molar-refractivity contribution in [1.29, 1.82) is 0 Å². The van der Waals surface area contributed by atoms with Crippen molar-refractivity contribution < 1.29 is 18.7 Å². The number of benzene rings is 1. The van der Waals surface area contributed by atoms with Crippen molar-refractivity contribution in [3.63, 3.8) is 0 Å². The van der Waals surface area contributed by atoms with E-state index >= 15 is 0 Å². The number of hydrogen-bond acceptors (Lipinski definition) is 4. The lowest BCUT2D eigenvalue weighted by Crippen LogP contribution is -1.94. The lowest BCUT2D eigenvalue weighted by Gasteiger charge is -2.01. The molecule has 19 heavy (non-hydrogen) atoms. The van der Waals surface area contributed by atoms with Gasteiger partial charge in [0.2, 0.25) is 5.76 Å². The lowest BCUT2D eigenvalue weighted by molar-refractivity contribution is 0.0659. The molecule has 3 N–H and O–H groups in total. The number of carbonyl (C=O) groups is 1. The van der Waals surface area contributed by atoms with Crippen molar-refractivity contribution in [2.45, 2.75) is 17.6 Å². The lowest BCUT2D eigenvalue weighted by atomic mass is 10.3. The summed E-state index contributed by atoms with van der Waals surface area (Å²) in [5.41, 5.74) is 6.46. The number of nitrogens with two attached hydrogens (primary N) is 1. The van der Waals surface area contributed by atoms with Crippen molar-refractivity contribution >= 4 is 23.4 Å². The predicted octanol–water partition coefficient (Wildman–Crippen LogP) is 3.30. The summed E-state index contributed by atoms with van der Waals surface area (Å²) < 4.78 is 18.3. The van der Waals surface area contributed by atoms with Gasteiger partial charge in [-0.15, -0.1) is 11.8 Å². The van der Waals surface area contributed by atoms with Crippen LogP contribution < -0.4 is 5.73 Å². The Morgan fingerprint density at radius 3 is 2.74 bits per heavy atom. The number of hydrogen-bond donors (Lipinski definition) is 2. The summed E-state index contributed by atoms with van der Waals surface area (Å²) in [4.78, 5) is 11.5. The first-order valence-electron chi connectivity index (χ1n) is 5.47. The zero-order valence-electron chi connectivity index (χ0n) is 10.1. The standard InChI is InChI=1S/C13H12FNO3S/c1-7-2-10(18-12(7)13(16)17)6-19-11-4-8(14)3-9(15)5-11/h2-5H,6,15H2,1H3,(H,16,17). The van der Waals surface area contributed by atoms with Crippen molar-refractivity contribution in [2.24, 2.45) is 0 Å². The minimum atomic E-state index is -1.09. The zero-order valence-corrected chi connectivity index (χ0v) is 11.0. The molecule has 0 saturated carbocycles. The third kappa shape index (κ3) is 3.29. The molecule has 0 spiro atoms. The van der Waals surface area contributed by atoms with Crippen molar-refractivity contribution in [3.8, 4) is 0 Å². The second-order valence-electron chi connectivity index (χ2n) is 4.04. The maximum Gasteiger partial charge on any atom is 0.372 e. The molecule has 0 bridgehead atoms. The fourth-order valence-electron chi connectivity index (χ4n) is 1.65. The molecule has 0 aliphatic carbocycles. The van der Waals surface area contributed by atoms with Crippen LogP contribution in [0.5, 0.6) is 0 Å². The van der Waals surface area contributed by atoms with Gasteiger partial charge in [-0.3, -0.25) is 0 Å². The quantitative estimate of drug-likeness (QED) is 0.664. The molecule has 0 aliphatic rings. The van der Waals surface area contributed by atoms with Crippen molar-refractivity contribution in [2.75, 3.05) is 5.73 Å². The predicted molar refractivity (Wildman–Crippen MR) is 70.8 cm³/mol. The second-order valence-corrected chi connectivity index (χ2v) is 5.09. The molecule has 1 aromatic heterocycles. The van der Waals surface area contributed by atoms with Crippen molar-refractivity contribution in [3.05, 3.63) is 47.2 Å². The molecule has 0 unspecified atom stereocenters. The number of carboxylic acids is 1. The average molecular weight is 281 g/mol. The molecular weight excluding hydrogens is 269 g/mol. The van der Waals surface area contributed by atoms with Gasteiger partial charge in [-0.2, -0.15) is 0 Å². The number of halogens is 1. The van der Waals surface area contributed by atoms with Gasteiger partial charge < -0.3 is 15.3 Å². The Hall–Kier alpha value is -1.95. The summed E-state index contributed by atoms with van der Waals surface area (Å²) in [6.45, 7) is 1.67. The number of thioether (sulfide) groups is 1. The van der Waals surface area contributed by atoms with E-state index in [9.17, 15) is 9.18 Å². The van der Waals surface area contributed by atoms with Crippen LogP contribution in [-0.2, 0) is 5.75 Å². The first kappa shape index (κ1) is 13.5. The SMILES string of the molecule is Cc1cc(CSc2cc(N)cc(F)c2)oc1C(=O)O. The molecule has 6 heteroatoms. The first-order chi connectivity index (χ1) is 8.95. The molecular formula is C13H12FNO3S. The van der Waals surface area contributed by atoms with E-state index < -0.39 is 11.8 Å². The Balaban J connectivity index is 2.10. The Morgan fingerprint density at radius 1 is 1.42 bits per heavy atom. The van der Waals surface area contributed by atoms with Gasteiger partial charge in [0.15, 0.2) is 0 Å². The van der Waals surface area contributed by atoms with Gasteiger partial charge >= 0.3 is 5.97 Å². The summed E-state index contributed by atoms with van der Waals surface area (Å²) in [7, 11) is 0. The number of carboxylic acid groups (broad SMARTS) is 1. The number of nitrogen functional groups attached to an aromatic ring is 1. The molecule has 0 fully saturated rings. The molecule has 2 rings (SSSR count). The summed E-state index contributed by atoms with van der Waals surface area (Å²) in [5.74, 6) is -0.609. The van der Waals surface area contributed by atoms with E-state index in [0.29, 0.717) is 27.7 Å². The summed E-state index contributed by atoms with van der Waals surface area (Å²) in [6, 6.07) is 5.93. The fourth-order valence-corrected chi connectivity index (χ4v) is 2.52. The molecule has 0 atom stereocenters. The monoisotopic (exact) mass is 281 g/mol. The van der Waals surface area contributed by atoms with E-state index in [1.807, 2.05) is 0 Å². The van der Waals surface area contributed by atoms with Crippen LogP contribution in [0.3, 0.4) is 0 Å². The van der Waals surface area contributed by atoms with Crippen LogP contribution >= 0.6 is 11.8 Å². The third-order valence-electron chi connectivity index (χ3n) is 2.44. The van der Waals surface area contributed by atoms with Gasteiger partial charge in [-0.05, 0) is 31.2 Å². The first-order valence-corrected chi connectivity index (χ1v) is 6.45. The molecule has 4 nitrogen and oxygen atoms in total. The third-order valence-corrected chi connectivity index (χ3v) is 3.44. The number of anilines is 1. The fraction of sp³-hybridized carbons (Fsp3) is 0.154. The Kier molecular flexibility index (Phi) is 3.80. The molecule has 0 amide bonds. The minimum Gasteiger partial charge on any atom is -0.475 e. The maximum absolute atomic E-state index is 13.1. The highest BCUT2D eigenvalue weighted by Crippen LogP contribution is 2.27. The van der Waals surface area contributed by atoms with E-state index in [-0.39, 0.29) is 5.76 Å². The Labute approximate surface area is 113 Å². The van der Waals surface area contributed by atoms with E-state index in [0.717, 1.165) is 0 Å². The van der Waals surface area contributed by atoms with E-state index in [4.69, 9.17) is 15.3 Å². The number of rotatable bonds is 4. The van der Waals surface area contributed by atoms with Gasteiger partial charge in [0, 0.05) is 16.1 Å². The molecule has 0 radical (unpaired) electrons. The highest BCUT2D eigenvalue weighted by atomic mass is 32.2. The highest BCUT2D eigenvalue weighted by Gasteiger charge is 2.14. The van der Waals surface area contributed by atoms with Gasteiger partial charge in [0.25, 0.3) is 0 Å². The van der Waals surface area contributed by atoms with Crippen molar-refractivity contribution in [1.82, 2.24) is 0 Å². The van der Waals surface area contributed by atoms with Crippen LogP contribution in [0, 0.1) is 12.7 Å². The molecule has 1 heterocycles. The number of aryl methyl sites for hydroxylation is 1. The van der Waals surface area contributed by atoms with Gasteiger partial charge in [-0.25, -0.2) is 9.18 Å². The number of furan rings is 1. The molecule has 1 aromatic carbocycles. The van der Waals surface area contributed by atoms with Crippen LogP contribution in [0.2, 0.25) is 0 Å². The number of aromatic carboxylic acids is 1. The maximum atomic E-state index is 13.1. The van der Waals surface area contributed by atoms with Crippen LogP contribution in [0.1, 0.15) is 21.9 Å². The van der Waals surface area contributed by atoms with E-state index in [1.54, 1.807) is 19.1 Å². The minimum absolute atomic E-state index is 0.0608. The summed E-state index contributed by atoms with van der Waals surface area (Å²) in [6.07, 6.45) is 0. The largest absolute Gasteiger partial charge is 0.475 e. The second kappa shape index (κ2) is 5.36. The normalized spacial score (nSPS) is 10.6. The zero-order chi connectivity index (χ0) is 14.0. The van der Waals surface area contributed by atoms with Gasteiger partial charge in [-0.1, -0.05) is 0 Å². The smallest absolute Gasteiger partial charge is 0.372 e. The van der Waals surface area contributed by atoms with E-state index in [2.05, 4.69) is 0 Å². The van der Waals surface area contributed by atoms with Gasteiger partial charge in [0.1, 0.15) is 11.6 Å². The average Bonchev–Trinajstić information content (AvgIpc) is 2.67. The summed E-state index contributed by atoms with van der Waals surface area (Å²) in [5, 5.41) is 8.87. The van der Waals surface area contributed by atoms with Crippen LogP contribution in [0.4, 0.5) is 10.1 Å². The van der Waals surface area contributed by atoms with Crippen LogP contribution in [0.15, 0.2) is 33.6 Å². The summed E-state index contributed by atoms with van der Waals surface area (Å²) >= 11 is 1.33. The topological polar surface area (TPSA) is 76.5 Å². The van der Waals surface area contributed by atoms with Crippen LogP contribution in [-0.4, -0.2) is 11.1 Å².